The molecule has 0 N–H and O–H groups in total. The molecule has 0 bridgehead atoms. The minimum absolute atomic E-state index is 0. The third-order valence-electron chi connectivity index (χ3n) is 12.0. The summed E-state index contributed by atoms with van der Waals surface area (Å²) in [5.41, 5.74) is 16.9. The van der Waals surface area contributed by atoms with Gasteiger partial charge in [-0.3, -0.25) is 0 Å². The van der Waals surface area contributed by atoms with Crippen LogP contribution in [0.3, 0.4) is 0 Å². The van der Waals surface area contributed by atoms with E-state index in [-0.39, 0.29) is 41.0 Å². The Hall–Kier alpha value is -1.15. The first kappa shape index (κ1) is 44.6. The second-order valence-corrected chi connectivity index (χ2v) is 22.0. The second kappa shape index (κ2) is 20.9. The second-order valence-electron chi connectivity index (χ2n) is 16.1. The molecular weight excluding hydrogens is 816 g/mol. The van der Waals surface area contributed by atoms with Gasteiger partial charge in [0.1, 0.15) is 0 Å². The van der Waals surface area contributed by atoms with Crippen molar-refractivity contribution in [3.63, 3.8) is 0 Å². The molecule has 3 saturated carbocycles. The van der Waals surface area contributed by atoms with Gasteiger partial charge in [-0.2, -0.15) is 0 Å². The summed E-state index contributed by atoms with van der Waals surface area (Å²) in [5.74, 6) is 0. The molecule has 3 aliphatic rings. The van der Waals surface area contributed by atoms with E-state index in [2.05, 4.69) is 111 Å². The summed E-state index contributed by atoms with van der Waals surface area (Å²) >= 11 is 1.68. The molecule has 2 aromatic carbocycles. The van der Waals surface area contributed by atoms with Crippen molar-refractivity contribution in [3.8, 4) is 11.4 Å². The van der Waals surface area contributed by atoms with Gasteiger partial charge < -0.3 is 0 Å². The van der Waals surface area contributed by atoms with E-state index in [9.17, 15) is 0 Å². The van der Waals surface area contributed by atoms with Crippen LogP contribution in [0, 0.1) is 59.4 Å². The molecule has 0 radical (unpaired) electrons. The Kier molecular flexibility index (Phi) is 17.5. The molecule has 294 valence electrons. The number of aromatic nitrogens is 2. The van der Waals surface area contributed by atoms with Gasteiger partial charge in [0.25, 0.3) is 0 Å². The number of halogens is 2. The zero-order valence-corrected chi connectivity index (χ0v) is 39.0. The van der Waals surface area contributed by atoms with Crippen LogP contribution in [0.2, 0.25) is 0 Å². The number of hydrogen-bond acceptors (Lipinski definition) is 1. The number of thiophene rings is 1. The quantitative estimate of drug-likeness (QED) is 0.135. The topological polar surface area (TPSA) is 9.86 Å². The van der Waals surface area contributed by atoms with Gasteiger partial charge in [0.15, 0.2) is 0 Å². The largest absolute Gasteiger partial charge is 0.147 e. The van der Waals surface area contributed by atoms with Crippen LogP contribution in [0.1, 0.15) is 146 Å². The summed E-state index contributed by atoms with van der Waals surface area (Å²) in [4.78, 5) is 1.35. The van der Waals surface area contributed by atoms with Crippen molar-refractivity contribution in [2.75, 3.05) is 0 Å². The van der Waals surface area contributed by atoms with Gasteiger partial charge in [0.2, 0.25) is 0 Å². The van der Waals surface area contributed by atoms with E-state index in [0.29, 0.717) is 7.92 Å². The van der Waals surface area contributed by atoms with Gasteiger partial charge in [0.05, 0.1) is 0 Å². The number of nitrogens with zero attached hydrogens (tertiary/aromatic N) is 2. The molecule has 7 rings (SSSR count). The molecule has 7 heteroatoms. The van der Waals surface area contributed by atoms with Crippen LogP contribution in [-0.2, 0) is 16.2 Å². The van der Waals surface area contributed by atoms with E-state index in [0.717, 1.165) is 0 Å². The van der Waals surface area contributed by atoms with Gasteiger partial charge in [-0.05, 0) is 55.5 Å². The fourth-order valence-corrected chi connectivity index (χ4v) is 17.7. The van der Waals surface area contributed by atoms with E-state index in [1.165, 1.54) is 101 Å². The molecule has 4 aromatic rings. The summed E-state index contributed by atoms with van der Waals surface area (Å²) in [6, 6.07) is 13.6. The van der Waals surface area contributed by atoms with E-state index in [1.54, 1.807) is 77.0 Å². The molecule has 0 aliphatic heterocycles. The predicted octanol–water partition coefficient (Wildman–Crippen LogP) is 14.6. The SMILES string of the molecule is C1CCC(P(C2CCCCC2)C2CCCCC2)CC1.Cc1cc(C)c(-n2c(C)c(C)n(-c3c(C)cc(C)cc3C)[c]2=[Ru]=[CH]c2cccs2)c(C)c1.Cl.Cl. The number of benzene rings is 2. The first-order valence-electron chi connectivity index (χ1n) is 20.2. The molecule has 0 saturated heterocycles. The monoisotopic (exact) mass is 882 g/mol. The third-order valence-corrected chi connectivity index (χ3v) is 19.3. The van der Waals surface area contributed by atoms with Crippen molar-refractivity contribution in [1.82, 2.24) is 9.13 Å². The van der Waals surface area contributed by atoms with Crippen molar-refractivity contribution in [3.05, 3.63) is 95.4 Å². The van der Waals surface area contributed by atoms with E-state index in [1.807, 2.05) is 11.3 Å². The average molecular weight is 883 g/mol. The molecule has 3 aliphatic carbocycles. The smallest absolute Gasteiger partial charge is 0.147 e. The van der Waals surface area contributed by atoms with E-state index in [4.69, 9.17) is 0 Å². The molecule has 0 amide bonds. The molecule has 2 nitrogen and oxygen atoms in total. The van der Waals surface area contributed by atoms with Crippen molar-refractivity contribution >= 4 is 48.7 Å². The number of imidazole rings is 1. The van der Waals surface area contributed by atoms with Gasteiger partial charge >= 0.3 is 204 Å². The van der Waals surface area contributed by atoms with Gasteiger partial charge in [0, 0.05) is 0 Å². The first-order chi connectivity index (χ1) is 24.6. The summed E-state index contributed by atoms with van der Waals surface area (Å²) < 4.78 is 8.93. The molecule has 0 unspecified atom stereocenters. The van der Waals surface area contributed by atoms with Crippen LogP contribution in [0.15, 0.2) is 41.8 Å². The standard InChI is InChI=1S/C23H28N2.C18H33P.C5H4S.2ClH.Ru/c1-14-9-16(3)22(17(4)10-14)24-13-25(21(8)20(24)7)23-18(5)11-15(2)12-19(23)6;1-4-10-16(11-5-1)19(17-12-6-2-7-13-17)18-14-8-3-9-15-18;1-5-3-2-4-6-5;;;/h9-12H,1-8H3;16-18H,1-15H2;1-4H;2*1H;. The van der Waals surface area contributed by atoms with Crippen LogP contribution >= 0.6 is 44.1 Å². The third kappa shape index (κ3) is 10.6. The van der Waals surface area contributed by atoms with Crippen LogP contribution in [0.25, 0.3) is 11.4 Å². The Labute approximate surface area is 347 Å². The van der Waals surface area contributed by atoms with Crippen molar-refractivity contribution in [2.45, 2.75) is 169 Å². The van der Waals surface area contributed by atoms with Crippen LogP contribution < -0.4 is 0 Å². The number of aryl methyl sites for hydroxylation is 6. The number of hydrogen-bond donors (Lipinski definition) is 0. The molecule has 3 fully saturated rings. The van der Waals surface area contributed by atoms with Gasteiger partial charge in [-0.1, -0.05) is 65.7 Å². The molecule has 53 heavy (non-hydrogen) atoms. The fraction of sp³-hybridized carbons (Fsp3) is 0.565. The van der Waals surface area contributed by atoms with Crippen LogP contribution in [0.4, 0.5) is 0 Å². The average Bonchev–Trinajstić information content (AvgIpc) is 3.72. The Balaban J connectivity index is 0.000000256. The van der Waals surface area contributed by atoms with Crippen LogP contribution in [0.5, 0.6) is 0 Å². The maximum absolute atomic E-state index is 2.54. The fourth-order valence-electron chi connectivity index (χ4n) is 9.83. The maximum Gasteiger partial charge on any atom is -0.147 e. The maximum atomic E-state index is 2.54. The molecular formula is C46H67Cl2N2PRuS. The zero-order chi connectivity index (χ0) is 36.1. The molecule has 0 spiro atoms. The minimum atomic E-state index is -0.146. The Morgan fingerprint density at radius 2 is 0.925 bits per heavy atom. The van der Waals surface area contributed by atoms with Crippen molar-refractivity contribution < 1.29 is 16.2 Å². The van der Waals surface area contributed by atoms with E-state index >= 15 is 0 Å². The normalized spacial score (nSPS) is 17.2. The Bertz CT molecular complexity index is 1710. The van der Waals surface area contributed by atoms with Crippen molar-refractivity contribution in [2.24, 2.45) is 0 Å². The minimum Gasteiger partial charge on any atom is -0.147 e. The van der Waals surface area contributed by atoms with E-state index < -0.39 is 0 Å². The molecule has 0 atom stereocenters. The van der Waals surface area contributed by atoms with Crippen molar-refractivity contribution in [1.29, 1.82) is 0 Å². The zero-order valence-electron chi connectivity index (χ0n) is 33.9. The van der Waals surface area contributed by atoms with Gasteiger partial charge in [-0.15, -0.1) is 24.8 Å². The Morgan fingerprint density at radius 3 is 1.25 bits per heavy atom. The van der Waals surface area contributed by atoms with Crippen LogP contribution in [-0.4, -0.2) is 30.7 Å². The summed E-state index contributed by atoms with van der Waals surface area (Å²) in [6.07, 6.45) is 23.6. The Morgan fingerprint density at radius 1 is 0.566 bits per heavy atom. The predicted molar refractivity (Wildman–Crippen MR) is 238 cm³/mol. The summed E-state index contributed by atoms with van der Waals surface area (Å²) in [7, 11) is 0.385. The molecule has 2 aromatic heterocycles. The number of rotatable bonds is 6. The first-order valence-corrected chi connectivity index (χ1v) is 24.5. The van der Waals surface area contributed by atoms with Gasteiger partial charge in [-0.25, -0.2) is 0 Å². The summed E-state index contributed by atoms with van der Waals surface area (Å²) in [5, 5.41) is 2.17. The summed E-state index contributed by atoms with van der Waals surface area (Å²) in [6.45, 7) is 17.9. The molecule has 2 heterocycles.